The minimum atomic E-state index is 0.600. The van der Waals surface area contributed by atoms with Gasteiger partial charge in [-0.05, 0) is 18.9 Å². The SMILES string of the molecule is N#C/C=C/c1cnc(C2CCCCC2)[nH]1. The maximum Gasteiger partial charge on any atom is 0.109 e. The first-order valence-electron chi connectivity index (χ1n) is 5.51. The van der Waals surface area contributed by atoms with Gasteiger partial charge in [0.15, 0.2) is 0 Å². The van der Waals surface area contributed by atoms with Crippen LogP contribution in [0.2, 0.25) is 0 Å². The number of hydrogen-bond donors (Lipinski definition) is 1. The summed E-state index contributed by atoms with van der Waals surface area (Å²) in [5.41, 5.74) is 0.928. The molecule has 1 saturated carbocycles. The molecule has 0 atom stereocenters. The number of aromatic amines is 1. The van der Waals surface area contributed by atoms with Crippen molar-refractivity contribution in [3.05, 3.63) is 23.8 Å². The lowest BCUT2D eigenvalue weighted by Gasteiger charge is -2.19. The molecular weight excluding hydrogens is 186 g/mol. The molecule has 1 aliphatic rings. The van der Waals surface area contributed by atoms with Crippen LogP contribution in [0.4, 0.5) is 0 Å². The fourth-order valence-corrected chi connectivity index (χ4v) is 2.15. The Morgan fingerprint density at radius 3 is 2.93 bits per heavy atom. The topological polar surface area (TPSA) is 52.5 Å². The molecule has 3 nitrogen and oxygen atoms in total. The van der Waals surface area contributed by atoms with Crippen LogP contribution in [0.25, 0.3) is 6.08 Å². The fourth-order valence-electron chi connectivity index (χ4n) is 2.15. The Labute approximate surface area is 89.8 Å². The first-order chi connectivity index (χ1) is 7.40. The molecule has 0 bridgehead atoms. The Hall–Kier alpha value is -1.56. The average molecular weight is 201 g/mol. The van der Waals surface area contributed by atoms with Gasteiger partial charge in [-0.2, -0.15) is 5.26 Å². The fraction of sp³-hybridized carbons (Fsp3) is 0.500. The van der Waals surface area contributed by atoms with Crippen LogP contribution in [-0.4, -0.2) is 9.97 Å². The van der Waals surface area contributed by atoms with E-state index in [1.165, 1.54) is 38.2 Å². The Kier molecular flexibility index (Phi) is 3.18. The van der Waals surface area contributed by atoms with Crippen molar-refractivity contribution >= 4 is 6.08 Å². The lowest BCUT2D eigenvalue weighted by Crippen LogP contribution is -2.06. The minimum absolute atomic E-state index is 0.600. The van der Waals surface area contributed by atoms with E-state index in [2.05, 4.69) is 9.97 Å². The lowest BCUT2D eigenvalue weighted by molar-refractivity contribution is 0.431. The molecular formula is C12H15N3. The van der Waals surface area contributed by atoms with Gasteiger partial charge in [0.25, 0.3) is 0 Å². The van der Waals surface area contributed by atoms with Crippen molar-refractivity contribution in [3.63, 3.8) is 0 Å². The van der Waals surface area contributed by atoms with E-state index in [1.54, 1.807) is 12.3 Å². The first kappa shape index (κ1) is 9.97. The van der Waals surface area contributed by atoms with Crippen LogP contribution in [0, 0.1) is 11.3 Å². The molecule has 15 heavy (non-hydrogen) atoms. The predicted octanol–water partition coefficient (Wildman–Crippen LogP) is 2.99. The number of nitriles is 1. The van der Waals surface area contributed by atoms with Crippen LogP contribution in [0.5, 0.6) is 0 Å². The van der Waals surface area contributed by atoms with Crippen LogP contribution in [0.1, 0.15) is 49.5 Å². The molecule has 1 N–H and O–H groups in total. The molecule has 0 aliphatic heterocycles. The van der Waals surface area contributed by atoms with E-state index in [1.807, 2.05) is 6.07 Å². The van der Waals surface area contributed by atoms with Gasteiger partial charge < -0.3 is 4.98 Å². The van der Waals surface area contributed by atoms with Crippen molar-refractivity contribution in [2.24, 2.45) is 0 Å². The monoisotopic (exact) mass is 201 g/mol. The van der Waals surface area contributed by atoms with Gasteiger partial charge in [0.2, 0.25) is 0 Å². The molecule has 78 valence electrons. The van der Waals surface area contributed by atoms with Crippen molar-refractivity contribution in [2.75, 3.05) is 0 Å². The van der Waals surface area contributed by atoms with Gasteiger partial charge in [-0.25, -0.2) is 4.98 Å². The normalized spacial score (nSPS) is 18.1. The number of hydrogen-bond acceptors (Lipinski definition) is 2. The van der Waals surface area contributed by atoms with Gasteiger partial charge in [-0.15, -0.1) is 0 Å². The molecule has 0 amide bonds. The van der Waals surface area contributed by atoms with Crippen LogP contribution >= 0.6 is 0 Å². The van der Waals surface area contributed by atoms with Gasteiger partial charge in [0.1, 0.15) is 5.82 Å². The Balaban J connectivity index is 2.06. The van der Waals surface area contributed by atoms with Crippen molar-refractivity contribution in [2.45, 2.75) is 38.0 Å². The average Bonchev–Trinajstić information content (AvgIpc) is 2.76. The van der Waals surface area contributed by atoms with Crippen LogP contribution in [0.3, 0.4) is 0 Å². The van der Waals surface area contributed by atoms with Gasteiger partial charge in [0, 0.05) is 12.0 Å². The third-order valence-corrected chi connectivity index (χ3v) is 2.94. The summed E-state index contributed by atoms with van der Waals surface area (Å²) in [4.78, 5) is 7.65. The van der Waals surface area contributed by atoms with Crippen LogP contribution < -0.4 is 0 Å². The van der Waals surface area contributed by atoms with E-state index in [0.29, 0.717) is 5.92 Å². The van der Waals surface area contributed by atoms with Crippen molar-refractivity contribution in [3.8, 4) is 6.07 Å². The minimum Gasteiger partial charge on any atom is -0.342 e. The zero-order valence-electron chi connectivity index (χ0n) is 8.74. The smallest absolute Gasteiger partial charge is 0.109 e. The number of H-pyrrole nitrogens is 1. The molecule has 3 heteroatoms. The van der Waals surface area contributed by atoms with Gasteiger partial charge in [0.05, 0.1) is 18.0 Å². The summed E-state index contributed by atoms with van der Waals surface area (Å²) in [7, 11) is 0. The quantitative estimate of drug-likeness (QED) is 0.748. The summed E-state index contributed by atoms with van der Waals surface area (Å²) in [5.74, 6) is 1.69. The molecule has 1 heterocycles. The molecule has 1 aliphatic carbocycles. The molecule has 0 aromatic carbocycles. The number of rotatable bonds is 2. The second-order valence-electron chi connectivity index (χ2n) is 4.02. The van der Waals surface area contributed by atoms with Gasteiger partial charge in [-0.1, -0.05) is 19.3 Å². The Morgan fingerprint density at radius 1 is 1.40 bits per heavy atom. The zero-order chi connectivity index (χ0) is 10.5. The van der Waals surface area contributed by atoms with E-state index in [4.69, 9.17) is 5.26 Å². The standard InChI is InChI=1S/C12H15N3/c13-8-4-7-11-9-14-12(15-11)10-5-2-1-3-6-10/h4,7,9-10H,1-3,5-6H2,(H,14,15)/b7-4+. The van der Waals surface area contributed by atoms with Crippen LogP contribution in [-0.2, 0) is 0 Å². The molecule has 0 saturated heterocycles. The third-order valence-electron chi connectivity index (χ3n) is 2.94. The summed E-state index contributed by atoms with van der Waals surface area (Å²) >= 11 is 0. The van der Waals surface area contributed by atoms with E-state index >= 15 is 0 Å². The van der Waals surface area contributed by atoms with E-state index in [9.17, 15) is 0 Å². The van der Waals surface area contributed by atoms with E-state index < -0.39 is 0 Å². The second kappa shape index (κ2) is 4.79. The van der Waals surface area contributed by atoms with Crippen LogP contribution in [0.15, 0.2) is 12.3 Å². The van der Waals surface area contributed by atoms with Gasteiger partial charge >= 0.3 is 0 Å². The maximum absolute atomic E-state index is 8.41. The Morgan fingerprint density at radius 2 is 2.20 bits per heavy atom. The summed E-state index contributed by atoms with van der Waals surface area (Å²) in [6.07, 6.45) is 11.5. The molecule has 0 spiro atoms. The van der Waals surface area contributed by atoms with E-state index in [-0.39, 0.29) is 0 Å². The molecule has 0 unspecified atom stereocenters. The third kappa shape index (κ3) is 2.47. The highest BCUT2D eigenvalue weighted by Crippen LogP contribution is 2.30. The highest BCUT2D eigenvalue weighted by atomic mass is 14.9. The van der Waals surface area contributed by atoms with Crippen molar-refractivity contribution in [1.29, 1.82) is 5.26 Å². The number of aromatic nitrogens is 2. The lowest BCUT2D eigenvalue weighted by atomic mass is 9.89. The van der Waals surface area contributed by atoms with E-state index in [0.717, 1.165) is 11.5 Å². The summed E-state index contributed by atoms with van der Waals surface area (Å²) in [6.45, 7) is 0. The number of imidazole rings is 1. The first-order valence-corrected chi connectivity index (χ1v) is 5.51. The number of allylic oxidation sites excluding steroid dienone is 1. The highest BCUT2D eigenvalue weighted by Gasteiger charge is 2.17. The van der Waals surface area contributed by atoms with Gasteiger partial charge in [-0.3, -0.25) is 0 Å². The molecule has 1 aromatic heterocycles. The number of nitrogens with one attached hydrogen (secondary N) is 1. The molecule has 2 rings (SSSR count). The maximum atomic E-state index is 8.41. The zero-order valence-corrected chi connectivity index (χ0v) is 8.74. The largest absolute Gasteiger partial charge is 0.342 e. The second-order valence-corrected chi connectivity index (χ2v) is 4.02. The Bertz CT molecular complexity index is 378. The summed E-state index contributed by atoms with van der Waals surface area (Å²) in [6, 6.07) is 1.98. The molecule has 1 aromatic rings. The summed E-state index contributed by atoms with van der Waals surface area (Å²) < 4.78 is 0. The van der Waals surface area contributed by atoms with Crippen molar-refractivity contribution < 1.29 is 0 Å². The summed E-state index contributed by atoms with van der Waals surface area (Å²) in [5, 5.41) is 8.41. The van der Waals surface area contributed by atoms with Crippen molar-refractivity contribution in [1.82, 2.24) is 9.97 Å². The molecule has 1 fully saturated rings. The predicted molar refractivity (Wildman–Crippen MR) is 59.1 cm³/mol. The molecule has 0 radical (unpaired) electrons. The highest BCUT2D eigenvalue weighted by molar-refractivity contribution is 5.46. The number of nitrogens with zero attached hydrogens (tertiary/aromatic N) is 2.